The summed E-state index contributed by atoms with van der Waals surface area (Å²) in [6, 6.07) is 13.2. The van der Waals surface area contributed by atoms with E-state index in [2.05, 4.69) is 5.32 Å². The van der Waals surface area contributed by atoms with Gasteiger partial charge in [-0.25, -0.2) is 0 Å². The topological polar surface area (TPSA) is 41.5 Å². The molecule has 4 heteroatoms. The first-order valence-electron chi connectivity index (χ1n) is 5.99. The van der Waals surface area contributed by atoms with Crippen LogP contribution in [0.15, 0.2) is 42.5 Å². The number of hydrogen-bond acceptors (Lipinski definition) is 3. The first-order chi connectivity index (χ1) is 9.24. The highest BCUT2D eigenvalue weighted by atomic mass is 35.5. The Morgan fingerprint density at radius 2 is 1.89 bits per heavy atom. The van der Waals surface area contributed by atoms with Gasteiger partial charge in [0.15, 0.2) is 0 Å². The van der Waals surface area contributed by atoms with Gasteiger partial charge in [-0.1, -0.05) is 29.8 Å². The summed E-state index contributed by atoms with van der Waals surface area (Å²) in [5.74, 6) is 0.770. The molecule has 0 saturated carbocycles. The number of ether oxygens (including phenoxy) is 1. The molecule has 0 saturated heterocycles. The van der Waals surface area contributed by atoms with E-state index in [9.17, 15) is 0 Å². The number of halogens is 1. The largest absolute Gasteiger partial charge is 0.496 e. The van der Waals surface area contributed by atoms with Gasteiger partial charge in [0.05, 0.1) is 13.7 Å². The normalized spacial score (nSPS) is 10.3. The van der Waals surface area contributed by atoms with Crippen LogP contribution in [-0.2, 0) is 13.2 Å². The van der Waals surface area contributed by atoms with Crippen LogP contribution in [-0.4, -0.2) is 12.2 Å². The van der Waals surface area contributed by atoms with Crippen molar-refractivity contribution in [1.82, 2.24) is 0 Å². The van der Waals surface area contributed by atoms with Crippen molar-refractivity contribution in [2.24, 2.45) is 0 Å². The first kappa shape index (κ1) is 13.7. The van der Waals surface area contributed by atoms with Gasteiger partial charge in [-0.05, 0) is 29.8 Å². The van der Waals surface area contributed by atoms with Crippen LogP contribution < -0.4 is 10.1 Å². The molecule has 0 aliphatic rings. The summed E-state index contributed by atoms with van der Waals surface area (Å²) in [4.78, 5) is 0. The minimum atomic E-state index is 0.0542. The monoisotopic (exact) mass is 277 g/mol. The maximum atomic E-state index is 8.99. The van der Waals surface area contributed by atoms with E-state index < -0.39 is 0 Å². The van der Waals surface area contributed by atoms with Gasteiger partial charge in [0, 0.05) is 22.8 Å². The van der Waals surface area contributed by atoms with Crippen LogP contribution in [0.3, 0.4) is 0 Å². The summed E-state index contributed by atoms with van der Waals surface area (Å²) in [7, 11) is 1.63. The smallest absolute Gasteiger partial charge is 0.125 e. The van der Waals surface area contributed by atoms with Crippen molar-refractivity contribution >= 4 is 17.3 Å². The molecular formula is C15H16ClNO2. The van der Waals surface area contributed by atoms with Crippen LogP contribution in [0.2, 0.25) is 5.02 Å². The van der Waals surface area contributed by atoms with Crippen LogP contribution in [0.4, 0.5) is 5.69 Å². The van der Waals surface area contributed by atoms with Gasteiger partial charge in [-0.2, -0.15) is 0 Å². The van der Waals surface area contributed by atoms with Gasteiger partial charge in [0.1, 0.15) is 5.75 Å². The number of rotatable bonds is 5. The Morgan fingerprint density at radius 3 is 2.53 bits per heavy atom. The van der Waals surface area contributed by atoms with E-state index >= 15 is 0 Å². The molecule has 0 aromatic heterocycles. The highest BCUT2D eigenvalue weighted by molar-refractivity contribution is 6.31. The molecule has 19 heavy (non-hydrogen) atoms. The molecule has 0 aliphatic carbocycles. The van der Waals surface area contributed by atoms with E-state index in [4.69, 9.17) is 21.4 Å². The minimum absolute atomic E-state index is 0.0542. The van der Waals surface area contributed by atoms with Crippen LogP contribution >= 0.6 is 11.6 Å². The third-order valence-electron chi connectivity index (χ3n) is 2.90. The van der Waals surface area contributed by atoms with Crippen molar-refractivity contribution < 1.29 is 9.84 Å². The number of anilines is 1. The van der Waals surface area contributed by atoms with Crippen molar-refractivity contribution in [2.45, 2.75) is 13.2 Å². The number of aliphatic hydroxyl groups excluding tert-OH is 1. The standard InChI is InChI=1S/C15H16ClNO2/c1-19-15-4-2-3-14(16)13(15)9-17-12-7-5-11(10-18)6-8-12/h2-8,17-18H,9-10H2,1H3. The van der Waals surface area contributed by atoms with E-state index in [1.165, 1.54) is 0 Å². The molecule has 2 N–H and O–H groups in total. The Bertz CT molecular complexity index is 540. The number of aliphatic hydroxyl groups is 1. The Balaban J connectivity index is 2.09. The summed E-state index contributed by atoms with van der Waals surface area (Å²) in [6.07, 6.45) is 0. The second-order valence-corrected chi connectivity index (χ2v) is 4.54. The molecule has 2 aromatic carbocycles. The van der Waals surface area contributed by atoms with Crippen LogP contribution in [0.1, 0.15) is 11.1 Å². The fourth-order valence-electron chi connectivity index (χ4n) is 1.82. The van der Waals surface area contributed by atoms with Crippen LogP contribution in [0, 0.1) is 0 Å². The number of benzene rings is 2. The number of hydrogen-bond donors (Lipinski definition) is 2. The summed E-state index contributed by atoms with van der Waals surface area (Å²) in [6.45, 7) is 0.639. The van der Waals surface area contributed by atoms with Crippen LogP contribution in [0.5, 0.6) is 5.75 Å². The van der Waals surface area contributed by atoms with Gasteiger partial charge in [0.2, 0.25) is 0 Å². The molecule has 0 radical (unpaired) electrons. The second kappa shape index (κ2) is 6.45. The molecule has 3 nitrogen and oxygen atoms in total. The lowest BCUT2D eigenvalue weighted by molar-refractivity contribution is 0.282. The van der Waals surface area contributed by atoms with Crippen molar-refractivity contribution in [2.75, 3.05) is 12.4 Å². The predicted molar refractivity (Wildman–Crippen MR) is 77.7 cm³/mol. The highest BCUT2D eigenvalue weighted by Crippen LogP contribution is 2.27. The lowest BCUT2D eigenvalue weighted by atomic mass is 10.1. The third kappa shape index (κ3) is 3.40. The molecule has 0 fully saturated rings. The zero-order valence-electron chi connectivity index (χ0n) is 10.7. The van der Waals surface area contributed by atoms with E-state index in [1.54, 1.807) is 7.11 Å². The molecule has 0 atom stereocenters. The van der Waals surface area contributed by atoms with E-state index in [-0.39, 0.29) is 6.61 Å². The molecule has 0 amide bonds. The van der Waals surface area contributed by atoms with Crippen molar-refractivity contribution in [1.29, 1.82) is 0 Å². The van der Waals surface area contributed by atoms with Gasteiger partial charge < -0.3 is 15.2 Å². The minimum Gasteiger partial charge on any atom is -0.496 e. The molecule has 2 aromatic rings. The third-order valence-corrected chi connectivity index (χ3v) is 3.26. The Morgan fingerprint density at radius 1 is 1.16 bits per heavy atom. The quantitative estimate of drug-likeness (QED) is 0.879. The number of methoxy groups -OCH3 is 1. The zero-order chi connectivity index (χ0) is 13.7. The lowest BCUT2D eigenvalue weighted by Crippen LogP contribution is -2.02. The molecule has 0 spiro atoms. The SMILES string of the molecule is COc1cccc(Cl)c1CNc1ccc(CO)cc1. The van der Waals surface area contributed by atoms with Crippen LogP contribution in [0.25, 0.3) is 0 Å². The Kier molecular flexibility index (Phi) is 4.66. The van der Waals surface area contributed by atoms with Crippen molar-refractivity contribution in [3.05, 3.63) is 58.6 Å². The summed E-state index contributed by atoms with van der Waals surface area (Å²) < 4.78 is 5.29. The van der Waals surface area contributed by atoms with Crippen molar-refractivity contribution in [3.63, 3.8) is 0 Å². The maximum absolute atomic E-state index is 8.99. The Labute approximate surface area is 117 Å². The molecule has 0 aliphatic heterocycles. The molecular weight excluding hydrogens is 262 g/mol. The summed E-state index contributed by atoms with van der Waals surface area (Å²) >= 11 is 6.17. The molecule has 2 rings (SSSR count). The zero-order valence-corrected chi connectivity index (χ0v) is 11.4. The maximum Gasteiger partial charge on any atom is 0.125 e. The van der Waals surface area contributed by atoms with Gasteiger partial charge in [-0.3, -0.25) is 0 Å². The average Bonchev–Trinajstić information content (AvgIpc) is 2.46. The molecule has 0 unspecified atom stereocenters. The molecule has 0 heterocycles. The second-order valence-electron chi connectivity index (χ2n) is 4.13. The predicted octanol–water partition coefficient (Wildman–Crippen LogP) is 3.45. The molecule has 100 valence electrons. The van der Waals surface area contributed by atoms with Gasteiger partial charge >= 0.3 is 0 Å². The summed E-state index contributed by atoms with van der Waals surface area (Å²) in [5.41, 5.74) is 2.79. The molecule has 0 bridgehead atoms. The first-order valence-corrected chi connectivity index (χ1v) is 6.37. The Hall–Kier alpha value is -1.71. The van der Waals surface area contributed by atoms with E-state index in [0.717, 1.165) is 22.6 Å². The van der Waals surface area contributed by atoms with Crippen molar-refractivity contribution in [3.8, 4) is 5.75 Å². The van der Waals surface area contributed by atoms with Gasteiger partial charge in [0.25, 0.3) is 0 Å². The average molecular weight is 278 g/mol. The summed E-state index contributed by atoms with van der Waals surface area (Å²) in [5, 5.41) is 12.9. The van der Waals surface area contributed by atoms with Gasteiger partial charge in [-0.15, -0.1) is 0 Å². The fourth-order valence-corrected chi connectivity index (χ4v) is 2.05. The van der Waals surface area contributed by atoms with E-state index in [1.807, 2.05) is 42.5 Å². The van der Waals surface area contributed by atoms with E-state index in [0.29, 0.717) is 11.6 Å². The highest BCUT2D eigenvalue weighted by Gasteiger charge is 2.07. The lowest BCUT2D eigenvalue weighted by Gasteiger charge is -2.12. The fraction of sp³-hybridized carbons (Fsp3) is 0.200. The number of nitrogens with one attached hydrogen (secondary N) is 1.